The van der Waals surface area contributed by atoms with Crippen molar-refractivity contribution in [2.24, 2.45) is 0 Å². The fourth-order valence-electron chi connectivity index (χ4n) is 3.28. The number of aromatic amines is 1. The first-order chi connectivity index (χ1) is 11.3. The zero-order chi connectivity index (χ0) is 15.6. The van der Waals surface area contributed by atoms with Crippen LogP contribution < -0.4 is 0 Å². The van der Waals surface area contributed by atoms with Crippen molar-refractivity contribution in [1.82, 2.24) is 15.1 Å². The Morgan fingerprint density at radius 1 is 1.22 bits per heavy atom. The van der Waals surface area contributed by atoms with Crippen LogP contribution in [-0.4, -0.2) is 28.8 Å². The number of rotatable bonds is 6. The monoisotopic (exact) mass is 315 g/mol. The minimum absolute atomic E-state index is 0.150. The van der Waals surface area contributed by atoms with Crippen molar-refractivity contribution < 1.29 is 9.15 Å². The van der Waals surface area contributed by atoms with Gasteiger partial charge in [-0.05, 0) is 57.4 Å². The number of hydrogen-bond donors (Lipinski definition) is 1. The van der Waals surface area contributed by atoms with Crippen LogP contribution in [0.4, 0.5) is 0 Å². The predicted octanol–water partition coefficient (Wildman–Crippen LogP) is 3.75. The Labute approximate surface area is 137 Å². The highest BCUT2D eigenvalue weighted by Crippen LogP contribution is 2.39. The third-order valence-electron chi connectivity index (χ3n) is 4.69. The van der Waals surface area contributed by atoms with Crippen LogP contribution >= 0.6 is 0 Å². The second-order valence-electron chi connectivity index (χ2n) is 6.92. The van der Waals surface area contributed by atoms with E-state index in [-0.39, 0.29) is 6.10 Å². The molecular weight excluding hydrogens is 290 g/mol. The standard InChI is InChI=1S/C18H25N3O2/c1-21(11-14-10-16(20-19-14)13-5-6-13)12-15-7-8-18(23-15)17-4-2-3-9-22-17/h7-8,10,13,17H,2-6,9,11-12H2,1H3,(H,19,20)/t17-/m0/s1. The molecule has 5 nitrogen and oxygen atoms in total. The number of hydrogen-bond acceptors (Lipinski definition) is 4. The number of aromatic nitrogens is 2. The molecule has 2 aliphatic rings. The van der Waals surface area contributed by atoms with Crippen molar-refractivity contribution in [3.05, 3.63) is 41.1 Å². The highest BCUT2D eigenvalue weighted by Gasteiger charge is 2.26. The summed E-state index contributed by atoms with van der Waals surface area (Å²) in [6.45, 7) is 2.50. The van der Waals surface area contributed by atoms with Gasteiger partial charge in [0, 0.05) is 24.8 Å². The Bertz CT molecular complexity index is 638. The number of ether oxygens (including phenoxy) is 1. The van der Waals surface area contributed by atoms with Crippen LogP contribution in [0.2, 0.25) is 0 Å². The van der Waals surface area contributed by atoms with Gasteiger partial charge >= 0.3 is 0 Å². The summed E-state index contributed by atoms with van der Waals surface area (Å²) in [6, 6.07) is 6.35. The van der Waals surface area contributed by atoms with Gasteiger partial charge in [0.1, 0.15) is 17.6 Å². The van der Waals surface area contributed by atoms with Crippen LogP contribution in [0.3, 0.4) is 0 Å². The molecule has 2 aromatic heterocycles. The van der Waals surface area contributed by atoms with E-state index in [4.69, 9.17) is 9.15 Å². The van der Waals surface area contributed by atoms with E-state index in [0.29, 0.717) is 5.92 Å². The van der Waals surface area contributed by atoms with Gasteiger partial charge in [0.2, 0.25) is 0 Å². The first kappa shape index (κ1) is 15.0. The van der Waals surface area contributed by atoms with Gasteiger partial charge in [-0.15, -0.1) is 0 Å². The topological polar surface area (TPSA) is 54.3 Å². The molecular formula is C18H25N3O2. The lowest BCUT2D eigenvalue weighted by Gasteiger charge is -2.20. The molecule has 0 aromatic carbocycles. The van der Waals surface area contributed by atoms with E-state index >= 15 is 0 Å². The maximum atomic E-state index is 5.99. The summed E-state index contributed by atoms with van der Waals surface area (Å²) in [7, 11) is 2.11. The Morgan fingerprint density at radius 2 is 2.13 bits per heavy atom. The van der Waals surface area contributed by atoms with E-state index in [1.165, 1.54) is 37.1 Å². The molecule has 2 fully saturated rings. The number of furan rings is 1. The van der Waals surface area contributed by atoms with Crippen molar-refractivity contribution in [3.8, 4) is 0 Å². The highest BCUT2D eigenvalue weighted by molar-refractivity contribution is 5.17. The van der Waals surface area contributed by atoms with Crippen LogP contribution in [-0.2, 0) is 17.8 Å². The molecule has 4 rings (SSSR count). The van der Waals surface area contributed by atoms with E-state index in [0.717, 1.165) is 37.6 Å². The molecule has 1 saturated heterocycles. The van der Waals surface area contributed by atoms with E-state index in [1.807, 2.05) is 0 Å². The fraction of sp³-hybridized carbons (Fsp3) is 0.611. The Balaban J connectivity index is 1.32. The van der Waals surface area contributed by atoms with Gasteiger partial charge in [-0.2, -0.15) is 5.10 Å². The molecule has 1 saturated carbocycles. The lowest BCUT2D eigenvalue weighted by atomic mass is 10.1. The Kier molecular flexibility index (Phi) is 4.23. The van der Waals surface area contributed by atoms with Crippen LogP contribution in [0, 0.1) is 0 Å². The molecule has 23 heavy (non-hydrogen) atoms. The van der Waals surface area contributed by atoms with Gasteiger partial charge in [-0.25, -0.2) is 0 Å². The molecule has 0 spiro atoms. The van der Waals surface area contributed by atoms with Crippen molar-refractivity contribution >= 4 is 0 Å². The largest absolute Gasteiger partial charge is 0.462 e. The molecule has 0 amide bonds. The Hall–Kier alpha value is -1.59. The second-order valence-corrected chi connectivity index (χ2v) is 6.92. The van der Waals surface area contributed by atoms with Crippen molar-refractivity contribution in [2.75, 3.05) is 13.7 Å². The normalized spacial score (nSPS) is 21.9. The minimum atomic E-state index is 0.150. The third kappa shape index (κ3) is 3.67. The molecule has 2 aromatic rings. The summed E-state index contributed by atoms with van der Waals surface area (Å²) in [6.07, 6.45) is 6.19. The molecule has 3 heterocycles. The summed E-state index contributed by atoms with van der Waals surface area (Å²) in [4.78, 5) is 2.24. The zero-order valence-corrected chi connectivity index (χ0v) is 13.8. The minimum Gasteiger partial charge on any atom is -0.462 e. The number of nitrogens with one attached hydrogen (secondary N) is 1. The molecule has 0 unspecified atom stereocenters. The van der Waals surface area contributed by atoms with Crippen LogP contribution in [0.15, 0.2) is 22.6 Å². The van der Waals surface area contributed by atoms with Gasteiger partial charge in [0.05, 0.1) is 12.2 Å². The molecule has 1 aliphatic heterocycles. The van der Waals surface area contributed by atoms with Gasteiger partial charge in [0.15, 0.2) is 0 Å². The summed E-state index contributed by atoms with van der Waals surface area (Å²) in [5.74, 6) is 2.68. The Morgan fingerprint density at radius 3 is 2.91 bits per heavy atom. The average molecular weight is 315 g/mol. The van der Waals surface area contributed by atoms with Gasteiger partial charge in [-0.1, -0.05) is 0 Å². The molecule has 1 N–H and O–H groups in total. The first-order valence-electron chi connectivity index (χ1n) is 8.71. The molecule has 0 bridgehead atoms. The fourth-order valence-corrected chi connectivity index (χ4v) is 3.28. The number of H-pyrrole nitrogens is 1. The SMILES string of the molecule is CN(Cc1cc(C2CC2)n[nH]1)Cc1ccc([C@@H]2CCCCO2)o1. The zero-order valence-electron chi connectivity index (χ0n) is 13.8. The van der Waals surface area contributed by atoms with Crippen molar-refractivity contribution in [2.45, 2.75) is 57.2 Å². The average Bonchev–Trinajstić information content (AvgIpc) is 3.14. The molecule has 0 radical (unpaired) electrons. The molecule has 124 valence electrons. The maximum absolute atomic E-state index is 5.99. The van der Waals surface area contributed by atoms with Gasteiger partial charge in [-0.3, -0.25) is 10.00 Å². The van der Waals surface area contributed by atoms with Crippen molar-refractivity contribution in [3.63, 3.8) is 0 Å². The molecule has 1 atom stereocenters. The maximum Gasteiger partial charge on any atom is 0.133 e. The van der Waals surface area contributed by atoms with Crippen molar-refractivity contribution in [1.29, 1.82) is 0 Å². The smallest absolute Gasteiger partial charge is 0.133 e. The van der Waals surface area contributed by atoms with E-state index in [9.17, 15) is 0 Å². The van der Waals surface area contributed by atoms with E-state index in [2.05, 4.69) is 40.3 Å². The molecule has 1 aliphatic carbocycles. The van der Waals surface area contributed by atoms with E-state index < -0.39 is 0 Å². The summed E-state index contributed by atoms with van der Waals surface area (Å²) in [5, 5.41) is 7.57. The summed E-state index contributed by atoms with van der Waals surface area (Å²) in [5.41, 5.74) is 2.40. The first-order valence-corrected chi connectivity index (χ1v) is 8.71. The van der Waals surface area contributed by atoms with Gasteiger partial charge < -0.3 is 9.15 Å². The second kappa shape index (κ2) is 6.49. The number of nitrogens with zero attached hydrogens (tertiary/aromatic N) is 2. The third-order valence-corrected chi connectivity index (χ3v) is 4.69. The van der Waals surface area contributed by atoms with Gasteiger partial charge in [0.25, 0.3) is 0 Å². The highest BCUT2D eigenvalue weighted by atomic mass is 16.5. The predicted molar refractivity (Wildman–Crippen MR) is 87.0 cm³/mol. The van der Waals surface area contributed by atoms with Crippen LogP contribution in [0.5, 0.6) is 0 Å². The lowest BCUT2D eigenvalue weighted by Crippen LogP contribution is -2.17. The lowest BCUT2D eigenvalue weighted by molar-refractivity contribution is 0.000904. The molecule has 5 heteroatoms. The van der Waals surface area contributed by atoms with Crippen LogP contribution in [0.25, 0.3) is 0 Å². The summed E-state index contributed by atoms with van der Waals surface area (Å²) >= 11 is 0. The summed E-state index contributed by atoms with van der Waals surface area (Å²) < 4.78 is 11.8. The van der Waals surface area contributed by atoms with Crippen LogP contribution in [0.1, 0.15) is 67.0 Å². The van der Waals surface area contributed by atoms with E-state index in [1.54, 1.807) is 0 Å². The quantitative estimate of drug-likeness (QED) is 0.882.